The maximum absolute atomic E-state index is 10.3. The second-order valence-electron chi connectivity index (χ2n) is 4.13. The molecule has 1 heterocycles. The molecule has 1 fully saturated rings. The summed E-state index contributed by atoms with van der Waals surface area (Å²) in [4.78, 5) is 0. The van der Waals surface area contributed by atoms with Gasteiger partial charge in [0.15, 0.2) is 0 Å². The molecule has 0 aromatic rings. The second-order valence-corrected chi connectivity index (χ2v) is 4.13. The zero-order valence-electron chi connectivity index (χ0n) is 8.47. The van der Waals surface area contributed by atoms with Gasteiger partial charge in [-0.05, 0) is 32.9 Å². The molecule has 0 aromatic heterocycles. The van der Waals surface area contributed by atoms with Crippen LogP contribution in [0.1, 0.15) is 19.8 Å². The normalized spacial score (nSPS) is 26.8. The molecule has 0 amide bonds. The summed E-state index contributed by atoms with van der Waals surface area (Å²) in [6.45, 7) is 3.89. The summed E-state index contributed by atoms with van der Waals surface area (Å²) >= 11 is 0. The molecule has 0 aromatic carbocycles. The number of nitrogens with one attached hydrogen (secondary N) is 1. The van der Waals surface area contributed by atoms with Crippen molar-refractivity contribution >= 4 is 0 Å². The fourth-order valence-corrected chi connectivity index (χ4v) is 1.85. The molecule has 1 saturated heterocycles. The Morgan fingerprint density at radius 2 is 2.08 bits per heavy atom. The molecule has 1 atom stereocenters. The quantitative estimate of drug-likeness (QED) is 0.557. The lowest BCUT2D eigenvalue weighted by atomic mass is 9.76. The van der Waals surface area contributed by atoms with Crippen molar-refractivity contribution in [1.29, 1.82) is 0 Å². The first kappa shape index (κ1) is 10.9. The number of hydrogen-bond donors (Lipinski definition) is 3. The van der Waals surface area contributed by atoms with Crippen molar-refractivity contribution in [3.05, 3.63) is 0 Å². The van der Waals surface area contributed by atoms with Crippen LogP contribution in [0.4, 0.5) is 0 Å². The van der Waals surface area contributed by atoms with Gasteiger partial charge in [0.05, 0.1) is 17.7 Å². The summed E-state index contributed by atoms with van der Waals surface area (Å²) in [7, 11) is 1.61. The predicted molar refractivity (Wildman–Crippen MR) is 51.5 cm³/mol. The maximum atomic E-state index is 10.3. The lowest BCUT2D eigenvalue weighted by Gasteiger charge is -2.44. The monoisotopic (exact) mass is 188 g/mol. The molecule has 0 saturated carbocycles. The van der Waals surface area contributed by atoms with E-state index in [2.05, 4.69) is 5.32 Å². The van der Waals surface area contributed by atoms with E-state index < -0.39 is 11.1 Å². The maximum Gasteiger partial charge on any atom is 0.0870 e. The number of piperidine rings is 1. The van der Waals surface area contributed by atoms with Crippen LogP contribution < -0.4 is 11.1 Å². The van der Waals surface area contributed by atoms with Gasteiger partial charge >= 0.3 is 0 Å². The number of methoxy groups -OCH3 is 1. The lowest BCUT2D eigenvalue weighted by molar-refractivity contribution is -0.0765. The molecular weight excluding hydrogens is 168 g/mol. The summed E-state index contributed by atoms with van der Waals surface area (Å²) in [6.07, 6.45) is 1.40. The number of nitrogens with two attached hydrogens (primary N) is 1. The Labute approximate surface area is 79.5 Å². The summed E-state index contributed by atoms with van der Waals surface area (Å²) in [5.74, 6) is 0. The molecule has 0 spiro atoms. The predicted octanol–water partition coefficient (Wildman–Crippen LogP) is -0.535. The van der Waals surface area contributed by atoms with Gasteiger partial charge in [-0.15, -0.1) is 0 Å². The van der Waals surface area contributed by atoms with Crippen LogP contribution in [0.5, 0.6) is 0 Å². The van der Waals surface area contributed by atoms with Gasteiger partial charge in [0.2, 0.25) is 0 Å². The summed E-state index contributed by atoms with van der Waals surface area (Å²) in [5, 5.41) is 13.5. The van der Waals surface area contributed by atoms with Gasteiger partial charge in [0.25, 0.3) is 0 Å². The fourth-order valence-electron chi connectivity index (χ4n) is 1.85. The van der Waals surface area contributed by atoms with Crippen molar-refractivity contribution < 1.29 is 9.84 Å². The molecule has 1 aliphatic rings. The first-order valence-electron chi connectivity index (χ1n) is 4.73. The smallest absolute Gasteiger partial charge is 0.0870 e. The largest absolute Gasteiger partial charge is 0.388 e. The minimum absolute atomic E-state index is 0.392. The van der Waals surface area contributed by atoms with E-state index in [0.717, 1.165) is 13.1 Å². The highest BCUT2D eigenvalue weighted by atomic mass is 16.5. The molecule has 4 N–H and O–H groups in total. The lowest BCUT2D eigenvalue weighted by Crippen LogP contribution is -2.64. The summed E-state index contributed by atoms with van der Waals surface area (Å²) in [6, 6.07) is 0. The van der Waals surface area contributed by atoms with Crippen LogP contribution in [-0.4, -0.2) is 43.1 Å². The zero-order valence-corrected chi connectivity index (χ0v) is 8.47. The second kappa shape index (κ2) is 3.92. The molecule has 1 rings (SSSR count). The minimum Gasteiger partial charge on any atom is -0.388 e. The van der Waals surface area contributed by atoms with Crippen LogP contribution in [0.15, 0.2) is 0 Å². The minimum atomic E-state index is -0.783. The molecule has 0 aliphatic carbocycles. The van der Waals surface area contributed by atoms with Gasteiger partial charge in [-0.3, -0.25) is 0 Å². The van der Waals surface area contributed by atoms with E-state index in [1.165, 1.54) is 0 Å². The molecule has 78 valence electrons. The Kier molecular flexibility index (Phi) is 3.29. The van der Waals surface area contributed by atoms with E-state index in [4.69, 9.17) is 10.5 Å². The van der Waals surface area contributed by atoms with E-state index in [1.54, 1.807) is 7.11 Å². The number of hydrogen-bond acceptors (Lipinski definition) is 4. The van der Waals surface area contributed by atoms with Crippen molar-refractivity contribution in [2.24, 2.45) is 5.73 Å². The highest BCUT2D eigenvalue weighted by Gasteiger charge is 2.44. The van der Waals surface area contributed by atoms with Gasteiger partial charge in [0.1, 0.15) is 0 Å². The Morgan fingerprint density at radius 1 is 1.54 bits per heavy atom. The number of rotatable bonds is 3. The van der Waals surface area contributed by atoms with Crippen LogP contribution in [0.2, 0.25) is 0 Å². The third-order valence-corrected chi connectivity index (χ3v) is 2.94. The van der Waals surface area contributed by atoms with Crippen LogP contribution in [0, 0.1) is 0 Å². The topological polar surface area (TPSA) is 67.5 Å². The van der Waals surface area contributed by atoms with E-state index in [0.29, 0.717) is 19.4 Å². The highest BCUT2D eigenvalue weighted by Crippen LogP contribution is 2.29. The molecule has 4 heteroatoms. The average molecular weight is 188 g/mol. The van der Waals surface area contributed by atoms with Crippen LogP contribution in [-0.2, 0) is 4.74 Å². The zero-order chi connectivity index (χ0) is 9.95. The molecular formula is C9H20N2O2. The standard InChI is InChI=1S/C9H20N2O2/c1-8(10,7-13-2)9(12)3-5-11-6-4-9/h11-12H,3-7,10H2,1-2H3. The van der Waals surface area contributed by atoms with Crippen molar-refractivity contribution in [2.45, 2.75) is 30.9 Å². The van der Waals surface area contributed by atoms with Crippen molar-refractivity contribution in [3.8, 4) is 0 Å². The van der Waals surface area contributed by atoms with Crippen LogP contribution >= 0.6 is 0 Å². The number of ether oxygens (including phenoxy) is 1. The van der Waals surface area contributed by atoms with Gasteiger partial charge in [-0.25, -0.2) is 0 Å². The first-order valence-corrected chi connectivity index (χ1v) is 4.73. The SMILES string of the molecule is COCC(C)(N)C1(O)CCNCC1. The Morgan fingerprint density at radius 3 is 2.54 bits per heavy atom. The van der Waals surface area contributed by atoms with Gasteiger partial charge in [0, 0.05) is 7.11 Å². The van der Waals surface area contributed by atoms with Gasteiger partial charge in [-0.2, -0.15) is 0 Å². The van der Waals surface area contributed by atoms with Crippen molar-refractivity contribution in [2.75, 3.05) is 26.8 Å². The Balaban J connectivity index is 2.64. The third-order valence-electron chi connectivity index (χ3n) is 2.94. The average Bonchev–Trinajstić information content (AvgIpc) is 2.05. The summed E-state index contributed by atoms with van der Waals surface area (Å²) in [5.41, 5.74) is 4.60. The van der Waals surface area contributed by atoms with Crippen molar-refractivity contribution in [1.82, 2.24) is 5.32 Å². The van der Waals surface area contributed by atoms with Crippen molar-refractivity contribution in [3.63, 3.8) is 0 Å². The van der Waals surface area contributed by atoms with Crippen LogP contribution in [0.3, 0.4) is 0 Å². The van der Waals surface area contributed by atoms with E-state index >= 15 is 0 Å². The summed E-state index contributed by atoms with van der Waals surface area (Å²) < 4.78 is 5.02. The van der Waals surface area contributed by atoms with E-state index in [9.17, 15) is 5.11 Å². The van der Waals surface area contributed by atoms with Crippen LogP contribution in [0.25, 0.3) is 0 Å². The molecule has 1 unspecified atom stereocenters. The van der Waals surface area contributed by atoms with Gasteiger partial charge in [-0.1, -0.05) is 0 Å². The molecule has 0 bridgehead atoms. The Bertz CT molecular complexity index is 165. The van der Waals surface area contributed by atoms with Gasteiger partial charge < -0.3 is 20.9 Å². The Hall–Kier alpha value is -0.160. The van der Waals surface area contributed by atoms with E-state index in [-0.39, 0.29) is 0 Å². The molecule has 4 nitrogen and oxygen atoms in total. The molecule has 0 radical (unpaired) electrons. The highest BCUT2D eigenvalue weighted by molar-refractivity contribution is 5.02. The van der Waals surface area contributed by atoms with E-state index in [1.807, 2.05) is 6.92 Å². The number of aliphatic hydroxyl groups is 1. The molecule has 13 heavy (non-hydrogen) atoms. The third kappa shape index (κ3) is 2.20. The molecule has 1 aliphatic heterocycles. The fraction of sp³-hybridized carbons (Fsp3) is 1.00. The first-order chi connectivity index (χ1) is 6.02.